The van der Waals surface area contributed by atoms with Crippen LogP contribution in [0, 0.1) is 5.92 Å². The first kappa shape index (κ1) is 14.0. The molecule has 3 heteroatoms. The van der Waals surface area contributed by atoms with E-state index in [9.17, 15) is 0 Å². The highest BCUT2D eigenvalue weighted by Crippen LogP contribution is 2.30. The van der Waals surface area contributed by atoms with Crippen LogP contribution in [0.15, 0.2) is 24.3 Å². The van der Waals surface area contributed by atoms with Gasteiger partial charge in [-0.2, -0.15) is 0 Å². The summed E-state index contributed by atoms with van der Waals surface area (Å²) in [5.41, 5.74) is 7.16. The summed E-state index contributed by atoms with van der Waals surface area (Å²) in [6.07, 6.45) is 0.945. The minimum Gasteiger partial charge on any atom is -0.497 e. The van der Waals surface area contributed by atoms with E-state index in [0.29, 0.717) is 5.92 Å². The molecule has 2 atom stereocenters. The van der Waals surface area contributed by atoms with Gasteiger partial charge in [-0.15, -0.1) is 0 Å². The van der Waals surface area contributed by atoms with Gasteiger partial charge in [0.15, 0.2) is 0 Å². The predicted octanol–water partition coefficient (Wildman–Crippen LogP) is 2.54. The van der Waals surface area contributed by atoms with Crippen molar-refractivity contribution in [2.24, 2.45) is 11.7 Å². The number of benzene rings is 1. The molecule has 2 unspecified atom stereocenters. The number of nitrogens with two attached hydrogens (primary N) is 1. The van der Waals surface area contributed by atoms with E-state index < -0.39 is 0 Å². The lowest BCUT2D eigenvalue weighted by Gasteiger charge is -2.32. The normalized spacial score (nSPS) is 16.3. The smallest absolute Gasteiger partial charge is 0.119 e. The van der Waals surface area contributed by atoms with E-state index in [1.807, 2.05) is 24.3 Å². The second-order valence-corrected chi connectivity index (χ2v) is 4.70. The van der Waals surface area contributed by atoms with E-state index in [4.69, 9.17) is 15.2 Å². The molecule has 1 aromatic rings. The summed E-state index contributed by atoms with van der Waals surface area (Å²) in [6, 6.07) is 7.96. The van der Waals surface area contributed by atoms with Crippen LogP contribution in [0.3, 0.4) is 0 Å². The van der Waals surface area contributed by atoms with Crippen LogP contribution in [0.4, 0.5) is 0 Å². The van der Waals surface area contributed by atoms with Gasteiger partial charge in [0.25, 0.3) is 0 Å². The minimum atomic E-state index is -0.368. The first-order valence-electron chi connectivity index (χ1n) is 5.94. The molecule has 0 heterocycles. The average molecular weight is 237 g/mol. The molecule has 17 heavy (non-hydrogen) atoms. The molecule has 0 aliphatic heterocycles. The Morgan fingerprint density at radius 2 is 2.06 bits per heavy atom. The molecule has 1 rings (SSSR count). The molecular weight excluding hydrogens is 214 g/mol. The third-order valence-electron chi connectivity index (χ3n) is 3.47. The molecular formula is C14H23NO2. The predicted molar refractivity (Wildman–Crippen MR) is 70.2 cm³/mol. The summed E-state index contributed by atoms with van der Waals surface area (Å²) in [7, 11) is 3.38. The highest BCUT2D eigenvalue weighted by molar-refractivity contribution is 5.33. The van der Waals surface area contributed by atoms with Gasteiger partial charge >= 0.3 is 0 Å². The molecule has 0 saturated carbocycles. The van der Waals surface area contributed by atoms with Crippen molar-refractivity contribution in [2.45, 2.75) is 25.8 Å². The summed E-state index contributed by atoms with van der Waals surface area (Å²) >= 11 is 0. The van der Waals surface area contributed by atoms with E-state index in [1.54, 1.807) is 14.2 Å². The Balaban J connectivity index is 2.86. The van der Waals surface area contributed by atoms with Crippen molar-refractivity contribution in [1.29, 1.82) is 0 Å². The summed E-state index contributed by atoms with van der Waals surface area (Å²) in [5.74, 6) is 1.19. The van der Waals surface area contributed by atoms with Crippen LogP contribution in [0.5, 0.6) is 5.75 Å². The van der Waals surface area contributed by atoms with E-state index in [1.165, 1.54) is 0 Å². The Bertz CT molecular complexity index is 350. The number of ether oxygens (including phenoxy) is 2. The van der Waals surface area contributed by atoms with Crippen molar-refractivity contribution in [3.05, 3.63) is 29.8 Å². The zero-order chi connectivity index (χ0) is 12.9. The van der Waals surface area contributed by atoms with Crippen molar-refractivity contribution in [3.8, 4) is 5.75 Å². The largest absolute Gasteiger partial charge is 0.497 e. The van der Waals surface area contributed by atoms with Crippen LogP contribution in [0.2, 0.25) is 0 Å². The Hall–Kier alpha value is -1.06. The van der Waals surface area contributed by atoms with Crippen LogP contribution in [0.25, 0.3) is 0 Å². The fourth-order valence-electron chi connectivity index (χ4n) is 1.84. The zero-order valence-corrected chi connectivity index (χ0v) is 11.2. The molecule has 1 aromatic carbocycles. The maximum absolute atomic E-state index is 6.43. The zero-order valence-electron chi connectivity index (χ0n) is 11.2. The maximum atomic E-state index is 6.43. The van der Waals surface area contributed by atoms with Gasteiger partial charge in [0.1, 0.15) is 5.75 Å². The molecule has 0 bridgehead atoms. The maximum Gasteiger partial charge on any atom is 0.119 e. The standard InChI is InChI=1S/C14H23NO2/c1-11(8-9-16-3)14(2,15)12-6-5-7-13(10-12)17-4/h5-7,10-11H,8-9,15H2,1-4H3. The Kier molecular flexibility index (Phi) is 4.97. The topological polar surface area (TPSA) is 44.5 Å². The molecule has 0 saturated heterocycles. The highest BCUT2D eigenvalue weighted by atomic mass is 16.5. The lowest BCUT2D eigenvalue weighted by atomic mass is 9.80. The van der Waals surface area contributed by atoms with Gasteiger partial charge in [-0.05, 0) is 37.0 Å². The van der Waals surface area contributed by atoms with Crippen molar-refractivity contribution >= 4 is 0 Å². The number of methoxy groups -OCH3 is 2. The van der Waals surface area contributed by atoms with Crippen molar-refractivity contribution in [2.75, 3.05) is 20.8 Å². The van der Waals surface area contributed by atoms with Crippen LogP contribution in [-0.4, -0.2) is 20.8 Å². The van der Waals surface area contributed by atoms with Crippen molar-refractivity contribution in [3.63, 3.8) is 0 Å². The number of rotatable bonds is 6. The lowest BCUT2D eigenvalue weighted by Crippen LogP contribution is -2.40. The van der Waals surface area contributed by atoms with Gasteiger partial charge in [0.05, 0.1) is 7.11 Å². The average Bonchev–Trinajstić information content (AvgIpc) is 2.35. The van der Waals surface area contributed by atoms with Crippen LogP contribution >= 0.6 is 0 Å². The molecule has 0 fully saturated rings. The summed E-state index contributed by atoms with van der Waals surface area (Å²) in [5, 5.41) is 0. The minimum absolute atomic E-state index is 0.342. The molecule has 0 amide bonds. The monoisotopic (exact) mass is 237 g/mol. The van der Waals surface area contributed by atoms with Gasteiger partial charge < -0.3 is 15.2 Å². The first-order valence-corrected chi connectivity index (χ1v) is 5.94. The molecule has 96 valence electrons. The fraction of sp³-hybridized carbons (Fsp3) is 0.571. The van der Waals surface area contributed by atoms with Crippen LogP contribution < -0.4 is 10.5 Å². The Morgan fingerprint density at radius 3 is 2.65 bits per heavy atom. The molecule has 0 aliphatic rings. The van der Waals surface area contributed by atoms with Crippen molar-refractivity contribution < 1.29 is 9.47 Å². The van der Waals surface area contributed by atoms with Gasteiger partial charge in [-0.3, -0.25) is 0 Å². The van der Waals surface area contributed by atoms with Crippen LogP contribution in [0.1, 0.15) is 25.8 Å². The SMILES string of the molecule is COCCC(C)C(C)(N)c1cccc(OC)c1. The van der Waals surface area contributed by atoms with Gasteiger partial charge in [-0.25, -0.2) is 0 Å². The summed E-state index contributed by atoms with van der Waals surface area (Å²) in [4.78, 5) is 0. The Labute approximate surface area is 104 Å². The third-order valence-corrected chi connectivity index (χ3v) is 3.47. The second kappa shape index (κ2) is 6.03. The van der Waals surface area contributed by atoms with Gasteiger partial charge in [0, 0.05) is 19.3 Å². The lowest BCUT2D eigenvalue weighted by molar-refractivity contribution is 0.159. The molecule has 3 nitrogen and oxygen atoms in total. The number of hydrogen-bond donors (Lipinski definition) is 1. The molecule has 0 aliphatic carbocycles. The summed E-state index contributed by atoms with van der Waals surface area (Å²) in [6.45, 7) is 4.94. The van der Waals surface area contributed by atoms with Crippen molar-refractivity contribution in [1.82, 2.24) is 0 Å². The van der Waals surface area contributed by atoms with E-state index in [0.717, 1.165) is 24.3 Å². The van der Waals surface area contributed by atoms with Gasteiger partial charge in [-0.1, -0.05) is 19.1 Å². The van der Waals surface area contributed by atoms with Gasteiger partial charge in [0.2, 0.25) is 0 Å². The first-order chi connectivity index (χ1) is 8.02. The molecule has 0 aromatic heterocycles. The second-order valence-electron chi connectivity index (χ2n) is 4.70. The highest BCUT2D eigenvalue weighted by Gasteiger charge is 2.28. The fourth-order valence-corrected chi connectivity index (χ4v) is 1.84. The van der Waals surface area contributed by atoms with Crippen LogP contribution in [-0.2, 0) is 10.3 Å². The molecule has 0 spiro atoms. The Morgan fingerprint density at radius 1 is 1.35 bits per heavy atom. The van der Waals surface area contributed by atoms with E-state index in [2.05, 4.69) is 13.8 Å². The molecule has 2 N–H and O–H groups in total. The molecule has 0 radical (unpaired) electrons. The third kappa shape index (κ3) is 3.45. The number of hydrogen-bond acceptors (Lipinski definition) is 3. The quantitative estimate of drug-likeness (QED) is 0.827. The van der Waals surface area contributed by atoms with E-state index in [-0.39, 0.29) is 5.54 Å². The van der Waals surface area contributed by atoms with E-state index >= 15 is 0 Å². The summed E-state index contributed by atoms with van der Waals surface area (Å²) < 4.78 is 10.3.